The molecule has 1 unspecified atom stereocenters. The van der Waals surface area contributed by atoms with E-state index >= 15 is 0 Å². The molecule has 1 N–H and O–H groups in total. The molecule has 4 heterocycles. The average molecular weight is 313 g/mol. The van der Waals surface area contributed by atoms with Crippen molar-refractivity contribution in [3.63, 3.8) is 0 Å². The van der Waals surface area contributed by atoms with Crippen molar-refractivity contribution in [2.45, 2.75) is 25.3 Å². The van der Waals surface area contributed by atoms with Crippen LogP contribution >= 0.6 is 11.3 Å². The highest BCUT2D eigenvalue weighted by molar-refractivity contribution is 7.12. The monoisotopic (exact) mass is 313 g/mol. The first-order valence-corrected chi connectivity index (χ1v) is 8.56. The lowest BCUT2D eigenvalue weighted by Gasteiger charge is -2.32. The highest BCUT2D eigenvalue weighted by Crippen LogP contribution is 2.26. The second-order valence-electron chi connectivity index (χ2n) is 5.77. The van der Waals surface area contributed by atoms with E-state index in [1.165, 1.54) is 24.2 Å². The molecule has 0 aromatic carbocycles. The Morgan fingerprint density at radius 2 is 2.32 bits per heavy atom. The van der Waals surface area contributed by atoms with E-state index in [0.29, 0.717) is 5.92 Å². The Labute approximate surface area is 133 Å². The number of nitrogens with zero attached hydrogens (tertiary/aromatic N) is 4. The van der Waals surface area contributed by atoms with Crippen molar-refractivity contribution in [1.29, 1.82) is 0 Å². The van der Waals surface area contributed by atoms with E-state index in [0.717, 1.165) is 24.8 Å². The molecule has 22 heavy (non-hydrogen) atoms. The van der Waals surface area contributed by atoms with Crippen LogP contribution in [0.3, 0.4) is 0 Å². The van der Waals surface area contributed by atoms with E-state index in [1.54, 1.807) is 11.3 Å². The fourth-order valence-corrected chi connectivity index (χ4v) is 3.90. The van der Waals surface area contributed by atoms with Gasteiger partial charge in [-0.05, 0) is 37.6 Å². The lowest BCUT2D eigenvalue weighted by Crippen LogP contribution is -2.34. The number of piperidine rings is 1. The lowest BCUT2D eigenvalue weighted by atomic mass is 9.95. The fraction of sp³-hybridized carbons (Fsp3) is 0.375. The molecule has 114 valence electrons. The van der Waals surface area contributed by atoms with Crippen molar-refractivity contribution in [2.75, 3.05) is 13.1 Å². The van der Waals surface area contributed by atoms with Gasteiger partial charge in [-0.2, -0.15) is 5.10 Å². The molecule has 0 aliphatic carbocycles. The maximum absolute atomic E-state index is 4.42. The topological polar surface area (TPSA) is 49.7 Å². The summed E-state index contributed by atoms with van der Waals surface area (Å²) in [5.74, 6) is 0.569. The number of nitrogens with one attached hydrogen (secondary N) is 1. The second-order valence-corrected chi connectivity index (χ2v) is 6.64. The summed E-state index contributed by atoms with van der Waals surface area (Å²) in [6.45, 7) is 3.22. The first-order valence-electron chi connectivity index (χ1n) is 7.68. The molecule has 3 aromatic heterocycles. The molecule has 5 nitrogen and oxygen atoms in total. The zero-order valence-corrected chi connectivity index (χ0v) is 13.2. The quantitative estimate of drug-likeness (QED) is 0.805. The largest absolute Gasteiger partial charge is 0.297 e. The summed E-state index contributed by atoms with van der Waals surface area (Å²) in [6.07, 6.45) is 8.29. The maximum atomic E-state index is 4.42. The van der Waals surface area contributed by atoms with Crippen LogP contribution in [-0.4, -0.2) is 37.7 Å². The summed E-state index contributed by atoms with van der Waals surface area (Å²) < 4.78 is 2.20. The zero-order valence-electron chi connectivity index (χ0n) is 12.4. The van der Waals surface area contributed by atoms with Gasteiger partial charge in [-0.15, -0.1) is 11.3 Å². The Morgan fingerprint density at radius 3 is 3.14 bits per heavy atom. The van der Waals surface area contributed by atoms with Gasteiger partial charge in [-0.25, -0.2) is 4.98 Å². The van der Waals surface area contributed by atoms with Crippen LogP contribution in [0.1, 0.15) is 30.1 Å². The van der Waals surface area contributed by atoms with Crippen molar-refractivity contribution < 1.29 is 0 Å². The SMILES string of the molecule is c1cc(CN2CCCC(c3ccn[nH]3)C2)n(-c2nccs2)c1. The maximum Gasteiger partial charge on any atom is 0.193 e. The zero-order chi connectivity index (χ0) is 14.8. The van der Waals surface area contributed by atoms with Gasteiger partial charge in [0.15, 0.2) is 5.13 Å². The lowest BCUT2D eigenvalue weighted by molar-refractivity contribution is 0.195. The number of rotatable bonds is 4. The van der Waals surface area contributed by atoms with Crippen molar-refractivity contribution in [1.82, 2.24) is 24.6 Å². The Hall–Kier alpha value is -1.92. The first kappa shape index (κ1) is 13.7. The van der Waals surface area contributed by atoms with E-state index in [9.17, 15) is 0 Å². The van der Waals surface area contributed by atoms with Crippen LogP contribution in [0.25, 0.3) is 5.13 Å². The fourth-order valence-electron chi connectivity index (χ4n) is 3.24. The third-order valence-corrected chi connectivity index (χ3v) is 5.08. The van der Waals surface area contributed by atoms with Crippen molar-refractivity contribution in [3.05, 3.63) is 53.6 Å². The number of likely N-dealkylation sites (tertiary alicyclic amines) is 1. The van der Waals surface area contributed by atoms with Crippen molar-refractivity contribution in [3.8, 4) is 5.13 Å². The van der Waals surface area contributed by atoms with Crippen molar-refractivity contribution >= 4 is 11.3 Å². The Morgan fingerprint density at radius 1 is 1.32 bits per heavy atom. The average Bonchev–Trinajstić information content (AvgIpc) is 3.29. The molecular weight excluding hydrogens is 294 g/mol. The number of thiazole rings is 1. The molecule has 0 bridgehead atoms. The molecule has 1 atom stereocenters. The summed E-state index contributed by atoms with van der Waals surface area (Å²) >= 11 is 1.68. The number of hydrogen-bond acceptors (Lipinski definition) is 4. The molecule has 0 amide bonds. The van der Waals surface area contributed by atoms with E-state index in [2.05, 4.69) is 49.0 Å². The third kappa shape index (κ3) is 2.71. The van der Waals surface area contributed by atoms with E-state index < -0.39 is 0 Å². The van der Waals surface area contributed by atoms with Gasteiger partial charge in [-0.3, -0.25) is 14.6 Å². The van der Waals surface area contributed by atoms with Gasteiger partial charge in [0.2, 0.25) is 0 Å². The normalized spacial score (nSPS) is 19.5. The number of hydrogen-bond donors (Lipinski definition) is 1. The Balaban J connectivity index is 1.49. The van der Waals surface area contributed by atoms with Gasteiger partial charge < -0.3 is 0 Å². The molecule has 0 saturated carbocycles. The van der Waals surface area contributed by atoms with Crippen LogP contribution < -0.4 is 0 Å². The van der Waals surface area contributed by atoms with Gasteiger partial charge in [0, 0.05) is 54.4 Å². The molecule has 1 aliphatic rings. The van der Waals surface area contributed by atoms with Gasteiger partial charge >= 0.3 is 0 Å². The molecule has 4 rings (SSSR count). The van der Waals surface area contributed by atoms with Crippen LogP contribution in [0.4, 0.5) is 0 Å². The van der Waals surface area contributed by atoms with E-state index in [1.807, 2.05) is 17.8 Å². The number of aromatic amines is 1. The first-order chi connectivity index (χ1) is 10.9. The summed E-state index contributed by atoms with van der Waals surface area (Å²) in [4.78, 5) is 6.95. The third-order valence-electron chi connectivity index (χ3n) is 4.31. The predicted octanol–water partition coefficient (Wildman–Crippen LogP) is 3.04. The number of H-pyrrole nitrogens is 1. The standard InChI is InChI=1S/C16H19N5S/c1-3-13(15-5-6-18-19-15)11-20(8-1)12-14-4-2-9-21(14)16-17-7-10-22-16/h2,4-7,9-10,13H,1,3,8,11-12H2,(H,18,19). The number of aromatic nitrogens is 4. The molecule has 1 fully saturated rings. The predicted molar refractivity (Wildman–Crippen MR) is 87.3 cm³/mol. The summed E-state index contributed by atoms with van der Waals surface area (Å²) in [7, 11) is 0. The molecular formula is C16H19N5S. The molecule has 3 aromatic rings. The van der Waals surface area contributed by atoms with E-state index in [-0.39, 0.29) is 0 Å². The van der Waals surface area contributed by atoms with Crippen LogP contribution in [-0.2, 0) is 6.54 Å². The molecule has 1 saturated heterocycles. The van der Waals surface area contributed by atoms with Gasteiger partial charge in [0.05, 0.1) is 0 Å². The van der Waals surface area contributed by atoms with Crippen molar-refractivity contribution in [2.24, 2.45) is 0 Å². The minimum Gasteiger partial charge on any atom is -0.297 e. The minimum atomic E-state index is 0.569. The van der Waals surface area contributed by atoms with Gasteiger partial charge in [0.25, 0.3) is 0 Å². The Bertz CT molecular complexity index is 701. The molecule has 0 spiro atoms. The van der Waals surface area contributed by atoms with Crippen LogP contribution in [0.5, 0.6) is 0 Å². The second kappa shape index (κ2) is 6.06. The van der Waals surface area contributed by atoms with Crippen LogP contribution in [0.15, 0.2) is 42.2 Å². The van der Waals surface area contributed by atoms with E-state index in [4.69, 9.17) is 0 Å². The molecule has 0 radical (unpaired) electrons. The van der Waals surface area contributed by atoms with Crippen LogP contribution in [0.2, 0.25) is 0 Å². The minimum absolute atomic E-state index is 0.569. The summed E-state index contributed by atoms with van der Waals surface area (Å²) in [5, 5.41) is 10.3. The molecule has 1 aliphatic heterocycles. The highest BCUT2D eigenvalue weighted by atomic mass is 32.1. The van der Waals surface area contributed by atoms with Crippen LogP contribution in [0, 0.1) is 0 Å². The Kier molecular flexibility index (Phi) is 3.78. The summed E-state index contributed by atoms with van der Waals surface area (Å²) in [5.41, 5.74) is 2.57. The summed E-state index contributed by atoms with van der Waals surface area (Å²) in [6, 6.07) is 6.40. The van der Waals surface area contributed by atoms with Gasteiger partial charge in [-0.1, -0.05) is 0 Å². The smallest absolute Gasteiger partial charge is 0.193 e. The molecule has 6 heteroatoms. The van der Waals surface area contributed by atoms with Gasteiger partial charge in [0.1, 0.15) is 0 Å². The highest BCUT2D eigenvalue weighted by Gasteiger charge is 2.23.